The summed E-state index contributed by atoms with van der Waals surface area (Å²) in [6.07, 6.45) is 3.89. The number of aryl methyl sites for hydroxylation is 1. The number of sulfone groups is 1. The predicted molar refractivity (Wildman–Crippen MR) is 75.7 cm³/mol. The topological polar surface area (TPSA) is 46.2 Å². The van der Waals surface area contributed by atoms with Crippen molar-refractivity contribution in [2.24, 2.45) is 0 Å². The quantitative estimate of drug-likeness (QED) is 0.892. The number of para-hydroxylation sites is 1. The van der Waals surface area contributed by atoms with Gasteiger partial charge in [0, 0.05) is 17.5 Å². The second-order valence-electron chi connectivity index (χ2n) is 4.92. The molecule has 0 radical (unpaired) electrons. The average molecular weight is 267 g/mol. The van der Waals surface area contributed by atoms with Crippen LogP contribution in [0.3, 0.4) is 0 Å². The monoisotopic (exact) mass is 267 g/mol. The predicted octanol–water partition coefficient (Wildman–Crippen LogP) is 2.63. The number of hydrogen-bond donors (Lipinski definition) is 1. The van der Waals surface area contributed by atoms with Gasteiger partial charge < -0.3 is 5.32 Å². The van der Waals surface area contributed by atoms with Gasteiger partial charge in [-0.3, -0.25) is 0 Å². The van der Waals surface area contributed by atoms with Crippen molar-refractivity contribution in [1.29, 1.82) is 0 Å². The smallest absolute Gasteiger partial charge is 0.150 e. The standard InChI is InChI=1S/C14H21NO2S/c1-2-18(16,17)11-5-7-13-10-9-12-6-3-4-8-14(12)15-13/h3-4,6,8,13,15H,2,5,7,9-11H2,1H3. The van der Waals surface area contributed by atoms with Crippen molar-refractivity contribution in [2.75, 3.05) is 16.8 Å². The van der Waals surface area contributed by atoms with E-state index in [-0.39, 0.29) is 5.75 Å². The van der Waals surface area contributed by atoms with Crippen molar-refractivity contribution < 1.29 is 8.42 Å². The third kappa shape index (κ3) is 3.48. The lowest BCUT2D eigenvalue weighted by molar-refractivity contribution is 0.564. The van der Waals surface area contributed by atoms with Gasteiger partial charge in [0.05, 0.1) is 5.75 Å². The molecule has 0 aliphatic carbocycles. The van der Waals surface area contributed by atoms with Gasteiger partial charge in [-0.2, -0.15) is 0 Å². The van der Waals surface area contributed by atoms with Crippen molar-refractivity contribution in [3.8, 4) is 0 Å². The van der Waals surface area contributed by atoms with Crippen molar-refractivity contribution in [3.05, 3.63) is 29.8 Å². The van der Waals surface area contributed by atoms with E-state index in [9.17, 15) is 8.42 Å². The van der Waals surface area contributed by atoms with Crippen LogP contribution >= 0.6 is 0 Å². The summed E-state index contributed by atoms with van der Waals surface area (Å²) in [6, 6.07) is 8.78. The van der Waals surface area contributed by atoms with Gasteiger partial charge in [0.15, 0.2) is 0 Å². The molecular weight excluding hydrogens is 246 g/mol. The van der Waals surface area contributed by atoms with E-state index in [1.807, 2.05) is 6.07 Å². The Balaban J connectivity index is 1.84. The van der Waals surface area contributed by atoms with E-state index in [4.69, 9.17) is 0 Å². The first-order chi connectivity index (χ1) is 8.61. The molecule has 1 unspecified atom stereocenters. The van der Waals surface area contributed by atoms with E-state index in [2.05, 4.69) is 23.5 Å². The number of anilines is 1. The summed E-state index contributed by atoms with van der Waals surface area (Å²) in [6.45, 7) is 1.71. The first-order valence-electron chi connectivity index (χ1n) is 6.65. The van der Waals surface area contributed by atoms with Crippen LogP contribution in [0.5, 0.6) is 0 Å². The Morgan fingerprint density at radius 3 is 2.89 bits per heavy atom. The summed E-state index contributed by atoms with van der Waals surface area (Å²) in [7, 11) is -2.81. The molecule has 0 amide bonds. The molecule has 1 N–H and O–H groups in total. The molecule has 1 aliphatic rings. The Kier molecular flexibility index (Phi) is 4.27. The van der Waals surface area contributed by atoms with E-state index in [0.29, 0.717) is 11.8 Å². The highest BCUT2D eigenvalue weighted by Crippen LogP contribution is 2.26. The maximum atomic E-state index is 11.4. The van der Waals surface area contributed by atoms with Crippen molar-refractivity contribution in [3.63, 3.8) is 0 Å². The Bertz CT molecular complexity index is 496. The SMILES string of the molecule is CCS(=O)(=O)CCCC1CCc2ccccc2N1. The average Bonchev–Trinajstić information content (AvgIpc) is 2.38. The minimum absolute atomic E-state index is 0.258. The molecule has 1 aromatic carbocycles. The number of nitrogens with one attached hydrogen (secondary N) is 1. The summed E-state index contributed by atoms with van der Waals surface area (Å²) in [5.41, 5.74) is 2.59. The molecule has 1 aromatic rings. The third-order valence-electron chi connectivity index (χ3n) is 3.59. The van der Waals surface area contributed by atoms with Gasteiger partial charge >= 0.3 is 0 Å². The fourth-order valence-electron chi connectivity index (χ4n) is 2.41. The molecule has 100 valence electrons. The second kappa shape index (κ2) is 5.74. The lowest BCUT2D eigenvalue weighted by atomic mass is 9.96. The minimum Gasteiger partial charge on any atom is -0.382 e. The van der Waals surface area contributed by atoms with Crippen LogP contribution in [-0.2, 0) is 16.3 Å². The number of hydrogen-bond acceptors (Lipinski definition) is 3. The van der Waals surface area contributed by atoms with Crippen LogP contribution in [0.2, 0.25) is 0 Å². The maximum Gasteiger partial charge on any atom is 0.150 e. The van der Waals surface area contributed by atoms with E-state index in [0.717, 1.165) is 25.7 Å². The number of fused-ring (bicyclic) bond motifs is 1. The van der Waals surface area contributed by atoms with Gasteiger partial charge in [-0.15, -0.1) is 0 Å². The molecule has 1 heterocycles. The van der Waals surface area contributed by atoms with E-state index in [1.165, 1.54) is 11.3 Å². The molecule has 0 saturated heterocycles. The van der Waals surface area contributed by atoms with Gasteiger partial charge in [-0.05, 0) is 37.3 Å². The van der Waals surface area contributed by atoms with Gasteiger partial charge in [-0.1, -0.05) is 25.1 Å². The molecule has 2 rings (SSSR count). The molecule has 1 aliphatic heterocycles. The highest BCUT2D eigenvalue weighted by molar-refractivity contribution is 7.91. The first kappa shape index (κ1) is 13.4. The van der Waals surface area contributed by atoms with Crippen LogP contribution in [0, 0.1) is 0 Å². The van der Waals surface area contributed by atoms with Crippen LogP contribution < -0.4 is 5.32 Å². The van der Waals surface area contributed by atoms with Crippen LogP contribution in [0.15, 0.2) is 24.3 Å². The van der Waals surface area contributed by atoms with Crippen LogP contribution in [-0.4, -0.2) is 26.0 Å². The Morgan fingerprint density at radius 2 is 2.11 bits per heavy atom. The van der Waals surface area contributed by atoms with Crippen molar-refractivity contribution >= 4 is 15.5 Å². The Labute approximate surface area is 110 Å². The summed E-state index contributed by atoms with van der Waals surface area (Å²) < 4.78 is 22.8. The van der Waals surface area contributed by atoms with Crippen molar-refractivity contribution in [1.82, 2.24) is 0 Å². The van der Waals surface area contributed by atoms with Gasteiger partial charge in [-0.25, -0.2) is 8.42 Å². The van der Waals surface area contributed by atoms with Crippen LogP contribution in [0.4, 0.5) is 5.69 Å². The number of rotatable bonds is 5. The van der Waals surface area contributed by atoms with E-state index in [1.54, 1.807) is 6.92 Å². The lowest BCUT2D eigenvalue weighted by Crippen LogP contribution is -2.26. The summed E-state index contributed by atoms with van der Waals surface area (Å²) in [5.74, 6) is 0.581. The molecule has 4 heteroatoms. The second-order valence-corrected chi connectivity index (χ2v) is 7.39. The zero-order valence-electron chi connectivity index (χ0n) is 10.9. The molecule has 3 nitrogen and oxygen atoms in total. The summed E-state index contributed by atoms with van der Waals surface area (Å²) in [4.78, 5) is 0. The summed E-state index contributed by atoms with van der Waals surface area (Å²) >= 11 is 0. The molecule has 1 atom stereocenters. The summed E-state index contributed by atoms with van der Waals surface area (Å²) in [5, 5.41) is 3.51. The lowest BCUT2D eigenvalue weighted by Gasteiger charge is -2.27. The fourth-order valence-corrected chi connectivity index (χ4v) is 3.31. The molecular formula is C14H21NO2S. The Morgan fingerprint density at radius 1 is 1.33 bits per heavy atom. The van der Waals surface area contributed by atoms with Gasteiger partial charge in [0.1, 0.15) is 9.84 Å². The van der Waals surface area contributed by atoms with E-state index >= 15 is 0 Å². The zero-order valence-corrected chi connectivity index (χ0v) is 11.7. The zero-order chi connectivity index (χ0) is 13.0. The van der Waals surface area contributed by atoms with E-state index < -0.39 is 9.84 Å². The van der Waals surface area contributed by atoms with Gasteiger partial charge in [0.25, 0.3) is 0 Å². The number of benzene rings is 1. The maximum absolute atomic E-state index is 11.4. The minimum atomic E-state index is -2.81. The Hall–Kier alpha value is -1.03. The highest BCUT2D eigenvalue weighted by Gasteiger charge is 2.17. The third-order valence-corrected chi connectivity index (χ3v) is 5.38. The highest BCUT2D eigenvalue weighted by atomic mass is 32.2. The largest absolute Gasteiger partial charge is 0.382 e. The first-order valence-corrected chi connectivity index (χ1v) is 8.48. The van der Waals surface area contributed by atoms with Crippen molar-refractivity contribution in [2.45, 2.75) is 38.6 Å². The normalized spacial score (nSPS) is 19.1. The molecule has 0 bridgehead atoms. The molecule has 0 saturated carbocycles. The van der Waals surface area contributed by atoms with Crippen LogP contribution in [0.1, 0.15) is 31.7 Å². The fraction of sp³-hybridized carbons (Fsp3) is 0.571. The molecule has 18 heavy (non-hydrogen) atoms. The van der Waals surface area contributed by atoms with Gasteiger partial charge in [0.2, 0.25) is 0 Å². The molecule has 0 fully saturated rings. The molecule has 0 spiro atoms. The molecule has 0 aromatic heterocycles. The van der Waals surface area contributed by atoms with Crippen LogP contribution in [0.25, 0.3) is 0 Å².